The van der Waals surface area contributed by atoms with Crippen LogP contribution < -0.4 is 10.2 Å². The highest BCUT2D eigenvalue weighted by molar-refractivity contribution is 5.94. The molecule has 2 rings (SSSR count). The molecule has 0 atom stereocenters. The minimum atomic E-state index is -1.06. The van der Waals surface area contributed by atoms with Crippen molar-refractivity contribution >= 4 is 11.9 Å². The molecule has 0 bridgehead atoms. The summed E-state index contributed by atoms with van der Waals surface area (Å²) < 4.78 is 26.0. The van der Waals surface area contributed by atoms with E-state index in [0.29, 0.717) is 11.6 Å². The Labute approximate surface area is 127 Å². The van der Waals surface area contributed by atoms with Gasteiger partial charge in [0.15, 0.2) is 11.6 Å². The van der Waals surface area contributed by atoms with Crippen molar-refractivity contribution in [3.8, 4) is 0 Å². The average molecular weight is 306 g/mol. The van der Waals surface area contributed by atoms with Gasteiger partial charge in [0.25, 0.3) is 5.91 Å². The zero-order valence-electron chi connectivity index (χ0n) is 12.5. The van der Waals surface area contributed by atoms with Crippen LogP contribution in [0.5, 0.6) is 0 Å². The number of amides is 1. The van der Waals surface area contributed by atoms with Gasteiger partial charge in [0.2, 0.25) is 5.95 Å². The van der Waals surface area contributed by atoms with Gasteiger partial charge in [-0.15, -0.1) is 0 Å². The second kappa shape index (κ2) is 6.46. The van der Waals surface area contributed by atoms with E-state index in [4.69, 9.17) is 0 Å². The molecule has 0 aliphatic heterocycles. The SMILES string of the molecule is Cc1cc(CNC(=O)c2ccc(F)c(F)c2)nc(N(C)C)n1. The van der Waals surface area contributed by atoms with E-state index in [0.717, 1.165) is 17.8 Å². The number of anilines is 1. The van der Waals surface area contributed by atoms with Crippen molar-refractivity contribution in [3.63, 3.8) is 0 Å². The molecule has 1 amide bonds. The normalized spacial score (nSPS) is 10.4. The van der Waals surface area contributed by atoms with Gasteiger partial charge in [-0.25, -0.2) is 18.7 Å². The summed E-state index contributed by atoms with van der Waals surface area (Å²) in [5.41, 5.74) is 1.46. The summed E-state index contributed by atoms with van der Waals surface area (Å²) in [5, 5.41) is 2.62. The van der Waals surface area contributed by atoms with Crippen molar-refractivity contribution in [2.24, 2.45) is 0 Å². The van der Waals surface area contributed by atoms with Crippen molar-refractivity contribution in [1.29, 1.82) is 0 Å². The topological polar surface area (TPSA) is 58.1 Å². The summed E-state index contributed by atoms with van der Waals surface area (Å²) in [7, 11) is 3.64. The fraction of sp³-hybridized carbons (Fsp3) is 0.267. The molecule has 0 radical (unpaired) electrons. The monoisotopic (exact) mass is 306 g/mol. The third kappa shape index (κ3) is 3.75. The Morgan fingerprint density at radius 2 is 1.91 bits per heavy atom. The second-order valence-electron chi connectivity index (χ2n) is 5.01. The summed E-state index contributed by atoms with van der Waals surface area (Å²) in [4.78, 5) is 22.2. The van der Waals surface area contributed by atoms with Crippen LogP contribution in [-0.2, 0) is 6.54 Å². The second-order valence-corrected chi connectivity index (χ2v) is 5.01. The molecule has 0 fully saturated rings. The minimum absolute atomic E-state index is 0.0533. The number of benzene rings is 1. The van der Waals surface area contributed by atoms with Gasteiger partial charge in [-0.1, -0.05) is 0 Å². The average Bonchev–Trinajstić information content (AvgIpc) is 2.47. The number of aryl methyl sites for hydroxylation is 1. The van der Waals surface area contributed by atoms with Gasteiger partial charge in [0.05, 0.1) is 12.2 Å². The number of hydrogen-bond donors (Lipinski definition) is 1. The van der Waals surface area contributed by atoms with Crippen LogP contribution in [-0.4, -0.2) is 30.0 Å². The predicted molar refractivity (Wildman–Crippen MR) is 78.6 cm³/mol. The van der Waals surface area contributed by atoms with Crippen LogP contribution in [0, 0.1) is 18.6 Å². The number of carbonyl (C=O) groups is 1. The predicted octanol–water partition coefficient (Wildman–Crippen LogP) is 2.06. The lowest BCUT2D eigenvalue weighted by Crippen LogP contribution is -2.24. The summed E-state index contributed by atoms with van der Waals surface area (Å²) in [5.74, 6) is -2.00. The van der Waals surface area contributed by atoms with Gasteiger partial charge in [0.1, 0.15) is 0 Å². The van der Waals surface area contributed by atoms with E-state index in [1.807, 2.05) is 21.0 Å². The Bertz CT molecular complexity index is 704. The number of halogens is 2. The van der Waals surface area contributed by atoms with Crippen LogP contribution in [0.25, 0.3) is 0 Å². The first-order valence-electron chi connectivity index (χ1n) is 6.62. The van der Waals surface area contributed by atoms with Gasteiger partial charge in [-0.2, -0.15) is 0 Å². The number of aromatic nitrogens is 2. The van der Waals surface area contributed by atoms with Crippen LogP contribution in [0.15, 0.2) is 24.3 Å². The third-order valence-electron chi connectivity index (χ3n) is 2.91. The number of carbonyl (C=O) groups excluding carboxylic acids is 1. The summed E-state index contributed by atoms with van der Waals surface area (Å²) >= 11 is 0. The van der Waals surface area contributed by atoms with Crippen LogP contribution in [0.1, 0.15) is 21.7 Å². The third-order valence-corrected chi connectivity index (χ3v) is 2.91. The quantitative estimate of drug-likeness (QED) is 0.939. The molecule has 0 unspecified atom stereocenters. The molecule has 0 aliphatic rings. The van der Waals surface area contributed by atoms with E-state index in [9.17, 15) is 13.6 Å². The van der Waals surface area contributed by atoms with Gasteiger partial charge in [-0.05, 0) is 31.2 Å². The molecular formula is C15H16F2N4O. The molecule has 0 saturated heterocycles. The first kappa shape index (κ1) is 15.8. The van der Waals surface area contributed by atoms with Crippen molar-refractivity contribution in [3.05, 3.63) is 52.9 Å². The van der Waals surface area contributed by atoms with Crippen LogP contribution in [0.3, 0.4) is 0 Å². The minimum Gasteiger partial charge on any atom is -0.347 e. The molecule has 2 aromatic rings. The van der Waals surface area contributed by atoms with Gasteiger partial charge in [0, 0.05) is 25.4 Å². The van der Waals surface area contributed by atoms with E-state index >= 15 is 0 Å². The van der Waals surface area contributed by atoms with Crippen molar-refractivity contribution in [2.75, 3.05) is 19.0 Å². The fourth-order valence-corrected chi connectivity index (χ4v) is 1.82. The number of nitrogens with zero attached hydrogens (tertiary/aromatic N) is 3. The van der Waals surface area contributed by atoms with E-state index in [1.54, 1.807) is 11.0 Å². The molecule has 1 heterocycles. The van der Waals surface area contributed by atoms with Crippen LogP contribution >= 0.6 is 0 Å². The number of nitrogens with one attached hydrogen (secondary N) is 1. The van der Waals surface area contributed by atoms with E-state index in [2.05, 4.69) is 15.3 Å². The molecule has 1 aromatic heterocycles. The molecule has 7 heteroatoms. The highest BCUT2D eigenvalue weighted by atomic mass is 19.2. The van der Waals surface area contributed by atoms with Crippen molar-refractivity contribution < 1.29 is 13.6 Å². The van der Waals surface area contributed by atoms with Crippen LogP contribution in [0.2, 0.25) is 0 Å². The summed E-state index contributed by atoms with van der Waals surface area (Å²) in [6, 6.07) is 4.76. The molecule has 116 valence electrons. The number of hydrogen-bond acceptors (Lipinski definition) is 4. The zero-order chi connectivity index (χ0) is 16.3. The first-order chi connectivity index (χ1) is 10.4. The van der Waals surface area contributed by atoms with Gasteiger partial charge < -0.3 is 10.2 Å². The maximum atomic E-state index is 13.1. The van der Waals surface area contributed by atoms with E-state index in [-0.39, 0.29) is 12.1 Å². The smallest absolute Gasteiger partial charge is 0.251 e. The Morgan fingerprint density at radius 1 is 1.18 bits per heavy atom. The number of rotatable bonds is 4. The lowest BCUT2D eigenvalue weighted by molar-refractivity contribution is 0.0950. The maximum Gasteiger partial charge on any atom is 0.251 e. The molecule has 0 spiro atoms. The lowest BCUT2D eigenvalue weighted by atomic mass is 10.2. The molecule has 0 aliphatic carbocycles. The molecule has 1 N–H and O–H groups in total. The molecule has 1 aromatic carbocycles. The zero-order valence-corrected chi connectivity index (χ0v) is 12.5. The Kier molecular flexibility index (Phi) is 4.65. The Hall–Kier alpha value is -2.57. The maximum absolute atomic E-state index is 13.1. The fourth-order valence-electron chi connectivity index (χ4n) is 1.82. The van der Waals surface area contributed by atoms with Gasteiger partial charge in [-0.3, -0.25) is 4.79 Å². The van der Waals surface area contributed by atoms with E-state index in [1.165, 1.54) is 6.07 Å². The molecule has 0 saturated carbocycles. The first-order valence-corrected chi connectivity index (χ1v) is 6.62. The highest BCUT2D eigenvalue weighted by Crippen LogP contribution is 2.10. The summed E-state index contributed by atoms with van der Waals surface area (Å²) in [6.45, 7) is 2.00. The van der Waals surface area contributed by atoms with Crippen molar-refractivity contribution in [2.45, 2.75) is 13.5 Å². The standard InChI is InChI=1S/C15H16F2N4O/c1-9-6-11(20-15(19-9)21(2)3)8-18-14(22)10-4-5-12(16)13(17)7-10/h4-7H,8H2,1-3H3,(H,18,22). The Balaban J connectivity index is 2.09. The largest absolute Gasteiger partial charge is 0.347 e. The van der Waals surface area contributed by atoms with E-state index < -0.39 is 17.5 Å². The molecular weight excluding hydrogens is 290 g/mol. The van der Waals surface area contributed by atoms with Gasteiger partial charge >= 0.3 is 0 Å². The molecule has 22 heavy (non-hydrogen) atoms. The van der Waals surface area contributed by atoms with Crippen LogP contribution in [0.4, 0.5) is 14.7 Å². The summed E-state index contributed by atoms with van der Waals surface area (Å²) in [6.07, 6.45) is 0. The highest BCUT2D eigenvalue weighted by Gasteiger charge is 2.10. The van der Waals surface area contributed by atoms with Crippen molar-refractivity contribution in [1.82, 2.24) is 15.3 Å². The lowest BCUT2D eigenvalue weighted by Gasteiger charge is -2.12. The Morgan fingerprint density at radius 3 is 2.55 bits per heavy atom. The molecule has 5 nitrogen and oxygen atoms in total.